The van der Waals surface area contributed by atoms with Crippen LogP contribution in [0.5, 0.6) is 0 Å². The molecule has 0 aliphatic heterocycles. The largest absolute Gasteiger partial charge is 0.295 e. The third-order valence-electron chi connectivity index (χ3n) is 5.14. The molecule has 3 rings (SSSR count). The van der Waals surface area contributed by atoms with Crippen LogP contribution in [0, 0.1) is 25.2 Å². The minimum atomic E-state index is 0.409. The van der Waals surface area contributed by atoms with Gasteiger partial charge in [0.25, 0.3) is 0 Å². The van der Waals surface area contributed by atoms with E-state index in [1.165, 1.54) is 27.5 Å². The number of rotatable bonds is 5. The van der Waals surface area contributed by atoms with E-state index in [9.17, 15) is 0 Å². The van der Waals surface area contributed by atoms with Crippen LogP contribution in [0.2, 0.25) is 0 Å². The highest BCUT2D eigenvalue weighted by Crippen LogP contribution is 2.25. The Bertz CT molecular complexity index is 931. The second-order valence-corrected chi connectivity index (χ2v) is 7.84. The van der Waals surface area contributed by atoms with Gasteiger partial charge in [-0.25, -0.2) is 0 Å². The van der Waals surface area contributed by atoms with Crippen LogP contribution in [0.25, 0.3) is 10.8 Å². The molecule has 1 nitrogen and oxygen atoms in total. The Morgan fingerprint density at radius 2 is 1.50 bits per heavy atom. The lowest BCUT2D eigenvalue weighted by atomic mass is 9.99. The quantitative estimate of drug-likeness (QED) is 0.312. The van der Waals surface area contributed by atoms with E-state index in [2.05, 4.69) is 125 Å². The molecule has 1 atom stereocenters. The molecule has 0 heterocycles. The van der Waals surface area contributed by atoms with Gasteiger partial charge in [0.2, 0.25) is 0 Å². The molecule has 3 aromatic carbocycles. The molecule has 158 valence electrons. The van der Waals surface area contributed by atoms with Gasteiger partial charge in [-0.1, -0.05) is 86.7 Å². The Morgan fingerprint density at radius 1 is 0.967 bits per heavy atom. The third-order valence-corrected chi connectivity index (χ3v) is 5.14. The summed E-state index contributed by atoms with van der Waals surface area (Å²) in [6, 6.07) is 24.2. The molecule has 1 unspecified atom stereocenters. The zero-order chi connectivity index (χ0) is 22.5. The predicted molar refractivity (Wildman–Crippen MR) is 135 cm³/mol. The van der Waals surface area contributed by atoms with Crippen molar-refractivity contribution >= 4 is 10.8 Å². The molecule has 1 heteroatoms. The molecule has 0 saturated carbocycles. The van der Waals surface area contributed by atoms with Gasteiger partial charge in [-0.05, 0) is 61.2 Å². The van der Waals surface area contributed by atoms with Crippen LogP contribution in [0.15, 0.2) is 79.4 Å². The van der Waals surface area contributed by atoms with Crippen LogP contribution in [-0.2, 0) is 6.54 Å². The van der Waals surface area contributed by atoms with Crippen LogP contribution >= 0.6 is 0 Å². The lowest BCUT2D eigenvalue weighted by Crippen LogP contribution is -2.22. The van der Waals surface area contributed by atoms with E-state index in [1.807, 2.05) is 6.08 Å². The summed E-state index contributed by atoms with van der Waals surface area (Å²) in [5, 5.41) is 2.68. The second kappa shape index (κ2) is 13.4. The number of terminal acetylenes is 1. The van der Waals surface area contributed by atoms with Crippen LogP contribution in [0.4, 0.5) is 0 Å². The molecule has 0 aromatic heterocycles. The fraction of sp³-hybridized carbons (Fsp3) is 0.310. The topological polar surface area (TPSA) is 3.24 Å². The van der Waals surface area contributed by atoms with Crippen molar-refractivity contribution in [3.8, 4) is 12.3 Å². The van der Waals surface area contributed by atoms with Crippen molar-refractivity contribution < 1.29 is 0 Å². The van der Waals surface area contributed by atoms with Crippen LogP contribution in [0.1, 0.15) is 50.4 Å². The van der Waals surface area contributed by atoms with Gasteiger partial charge >= 0.3 is 0 Å². The van der Waals surface area contributed by atoms with Gasteiger partial charge in [-0.2, -0.15) is 0 Å². The highest BCUT2D eigenvalue weighted by molar-refractivity contribution is 5.86. The molecule has 0 saturated heterocycles. The van der Waals surface area contributed by atoms with Crippen molar-refractivity contribution in [2.45, 2.75) is 47.2 Å². The van der Waals surface area contributed by atoms with Gasteiger partial charge in [0, 0.05) is 12.6 Å². The summed E-state index contributed by atoms with van der Waals surface area (Å²) in [5.41, 5.74) is 4.16. The Hall–Kier alpha value is -2.82. The molecular formula is C29H37N. The van der Waals surface area contributed by atoms with E-state index in [0.717, 1.165) is 6.54 Å². The predicted octanol–water partition coefficient (Wildman–Crippen LogP) is 7.81. The summed E-state index contributed by atoms with van der Waals surface area (Å²) in [4.78, 5) is 2.41. The molecule has 0 amide bonds. The van der Waals surface area contributed by atoms with Crippen molar-refractivity contribution in [1.29, 1.82) is 0 Å². The van der Waals surface area contributed by atoms with Crippen LogP contribution in [0.3, 0.4) is 0 Å². The van der Waals surface area contributed by atoms with Crippen molar-refractivity contribution in [2.24, 2.45) is 5.92 Å². The average molecular weight is 400 g/mol. The first-order valence-electron chi connectivity index (χ1n) is 10.6. The number of fused-ring (bicyclic) bond motifs is 1. The molecule has 0 aliphatic rings. The van der Waals surface area contributed by atoms with Crippen molar-refractivity contribution in [2.75, 3.05) is 7.05 Å². The number of hydrogen-bond donors (Lipinski definition) is 0. The zero-order valence-electron chi connectivity index (χ0n) is 19.5. The molecular weight excluding hydrogens is 362 g/mol. The molecule has 0 bridgehead atoms. The number of hydrogen-bond acceptors (Lipinski definition) is 1. The molecule has 0 spiro atoms. The van der Waals surface area contributed by atoms with Gasteiger partial charge in [0.05, 0.1) is 0 Å². The fourth-order valence-corrected chi connectivity index (χ4v) is 3.04. The summed E-state index contributed by atoms with van der Waals surface area (Å²) < 4.78 is 0. The van der Waals surface area contributed by atoms with Gasteiger partial charge in [-0.3, -0.25) is 4.90 Å². The molecule has 0 N–H and O–H groups in total. The summed E-state index contributed by atoms with van der Waals surface area (Å²) in [5.74, 6) is 2.90. The van der Waals surface area contributed by atoms with E-state index < -0.39 is 0 Å². The SMILES string of the molecule is C#CC.C=CC(C)C.Cc1c(CN(C)C(C)c2ccccc2)ccc2ccccc12. The first kappa shape index (κ1) is 25.2. The lowest BCUT2D eigenvalue weighted by Gasteiger charge is -2.26. The highest BCUT2D eigenvalue weighted by Gasteiger charge is 2.13. The summed E-state index contributed by atoms with van der Waals surface area (Å²) in [6.07, 6.45) is 6.51. The number of aryl methyl sites for hydroxylation is 1. The Kier molecular flexibility index (Phi) is 11.3. The Morgan fingerprint density at radius 3 is 2.07 bits per heavy atom. The maximum atomic E-state index is 4.60. The summed E-state index contributed by atoms with van der Waals surface area (Å²) >= 11 is 0. The molecule has 0 aliphatic carbocycles. The van der Waals surface area contributed by atoms with E-state index in [1.54, 1.807) is 6.92 Å². The van der Waals surface area contributed by atoms with Gasteiger partial charge < -0.3 is 0 Å². The van der Waals surface area contributed by atoms with E-state index in [4.69, 9.17) is 0 Å². The van der Waals surface area contributed by atoms with E-state index in [0.29, 0.717) is 12.0 Å². The maximum absolute atomic E-state index is 4.60. The van der Waals surface area contributed by atoms with E-state index >= 15 is 0 Å². The van der Waals surface area contributed by atoms with Gasteiger partial charge in [0.15, 0.2) is 0 Å². The number of nitrogens with zero attached hydrogens (tertiary/aromatic N) is 1. The average Bonchev–Trinajstić information content (AvgIpc) is 2.77. The van der Waals surface area contributed by atoms with Crippen molar-refractivity contribution in [3.05, 3.63) is 96.1 Å². The third kappa shape index (κ3) is 7.90. The first-order chi connectivity index (χ1) is 14.3. The summed E-state index contributed by atoms with van der Waals surface area (Å²) in [7, 11) is 2.20. The first-order valence-corrected chi connectivity index (χ1v) is 10.6. The monoisotopic (exact) mass is 399 g/mol. The van der Waals surface area contributed by atoms with Crippen LogP contribution in [-0.4, -0.2) is 11.9 Å². The molecule has 0 fully saturated rings. The second-order valence-electron chi connectivity index (χ2n) is 7.84. The van der Waals surface area contributed by atoms with Crippen LogP contribution < -0.4 is 0 Å². The molecule has 30 heavy (non-hydrogen) atoms. The maximum Gasteiger partial charge on any atom is 0.0320 e. The van der Waals surface area contributed by atoms with Crippen molar-refractivity contribution in [3.63, 3.8) is 0 Å². The molecule has 0 radical (unpaired) electrons. The Balaban J connectivity index is 0.000000485. The standard InChI is InChI=1S/C21H23N.C5H10.C3H4/c1-16-20(14-13-19-11-7-8-12-21(16)19)15-22(3)17(2)18-9-5-4-6-10-18;1-4-5(2)3;1-3-2/h4-14,17H,15H2,1-3H3;4-5H,1H2,2-3H3;1H,2H3. The van der Waals surface area contributed by atoms with Crippen molar-refractivity contribution in [1.82, 2.24) is 4.90 Å². The minimum Gasteiger partial charge on any atom is -0.295 e. The van der Waals surface area contributed by atoms with Gasteiger partial charge in [-0.15, -0.1) is 18.9 Å². The fourth-order valence-electron chi connectivity index (χ4n) is 3.04. The number of benzene rings is 3. The highest BCUT2D eigenvalue weighted by atomic mass is 15.1. The minimum absolute atomic E-state index is 0.409. The zero-order valence-corrected chi connectivity index (χ0v) is 19.5. The van der Waals surface area contributed by atoms with Gasteiger partial charge in [0.1, 0.15) is 0 Å². The van der Waals surface area contributed by atoms with E-state index in [-0.39, 0.29) is 0 Å². The summed E-state index contributed by atoms with van der Waals surface area (Å²) in [6.45, 7) is 14.9. The molecule has 3 aromatic rings. The lowest BCUT2D eigenvalue weighted by molar-refractivity contribution is 0.253. The number of allylic oxidation sites excluding steroid dienone is 1. The smallest absolute Gasteiger partial charge is 0.0320 e. The normalized spacial score (nSPS) is 11.0. The Labute approximate surface area is 184 Å².